The number of ether oxygens (including phenoxy) is 1. The van der Waals surface area contributed by atoms with Crippen molar-refractivity contribution < 1.29 is 22.7 Å². The minimum Gasteiger partial charge on any atom is -0.454 e. The van der Waals surface area contributed by atoms with E-state index in [9.17, 15) is 18.0 Å². The highest BCUT2D eigenvalue weighted by molar-refractivity contribution is 7.89. The van der Waals surface area contributed by atoms with E-state index in [2.05, 4.69) is 4.72 Å². The van der Waals surface area contributed by atoms with E-state index in [1.54, 1.807) is 6.07 Å². The van der Waals surface area contributed by atoms with Crippen LogP contribution in [0.1, 0.15) is 31.8 Å². The maximum Gasteiger partial charge on any atom is 0.338 e. The van der Waals surface area contributed by atoms with Gasteiger partial charge in [-0.15, -0.1) is 11.3 Å². The van der Waals surface area contributed by atoms with Crippen LogP contribution in [0.4, 0.5) is 0 Å². The molecule has 0 saturated heterocycles. The van der Waals surface area contributed by atoms with Crippen LogP contribution in [0.5, 0.6) is 0 Å². The molecule has 0 fully saturated rings. The number of hydrogen-bond donors (Lipinski definition) is 1. The van der Waals surface area contributed by atoms with Crippen molar-refractivity contribution in [3.05, 3.63) is 50.7 Å². The molecule has 2 aromatic rings. The molecule has 0 radical (unpaired) electrons. The number of benzene rings is 1. The molecule has 1 aromatic carbocycles. The number of ketones is 1. The molecule has 0 bridgehead atoms. The predicted octanol–water partition coefficient (Wildman–Crippen LogP) is 2.91. The van der Waals surface area contributed by atoms with Crippen molar-refractivity contribution in [1.29, 1.82) is 0 Å². The summed E-state index contributed by atoms with van der Waals surface area (Å²) in [5.74, 6) is -1.11. The molecule has 0 spiro atoms. The third-order valence-corrected chi connectivity index (χ3v) is 6.51. The number of hydrogen-bond acceptors (Lipinski definition) is 6. The number of carbonyl (C=O) groups is 2. The average molecular weight is 402 g/mol. The van der Waals surface area contributed by atoms with Gasteiger partial charge in [0.2, 0.25) is 15.8 Å². The van der Waals surface area contributed by atoms with E-state index in [0.29, 0.717) is 4.88 Å². The van der Waals surface area contributed by atoms with Crippen LogP contribution in [0.3, 0.4) is 0 Å². The molecule has 9 heteroatoms. The lowest BCUT2D eigenvalue weighted by molar-refractivity contribution is 0.0475. The van der Waals surface area contributed by atoms with Crippen molar-refractivity contribution in [1.82, 2.24) is 4.72 Å². The first-order valence-electron chi connectivity index (χ1n) is 7.30. The lowest BCUT2D eigenvalue weighted by Crippen LogP contribution is -2.20. The third-order valence-electron chi connectivity index (χ3n) is 3.34. The average Bonchev–Trinajstić information content (AvgIpc) is 3.08. The molecule has 0 amide bonds. The van der Waals surface area contributed by atoms with Gasteiger partial charge in [0.25, 0.3) is 0 Å². The summed E-state index contributed by atoms with van der Waals surface area (Å²) in [4.78, 5) is 25.5. The monoisotopic (exact) mass is 401 g/mol. The SMILES string of the molecule is CCc1ccc(C(=O)COC(=O)c2ccc(Cl)c(S(=O)(=O)NC)c2)s1. The molecule has 1 N–H and O–H groups in total. The predicted molar refractivity (Wildman–Crippen MR) is 96.0 cm³/mol. The quantitative estimate of drug-likeness (QED) is 0.569. The van der Waals surface area contributed by atoms with Crippen molar-refractivity contribution in [3.63, 3.8) is 0 Å². The normalized spacial score (nSPS) is 11.3. The Bertz CT molecular complexity index is 905. The van der Waals surface area contributed by atoms with Gasteiger partial charge < -0.3 is 4.74 Å². The second-order valence-electron chi connectivity index (χ2n) is 4.97. The molecule has 0 atom stereocenters. The topological polar surface area (TPSA) is 89.5 Å². The van der Waals surface area contributed by atoms with Crippen LogP contribution in [0.2, 0.25) is 5.02 Å². The van der Waals surface area contributed by atoms with Crippen LogP contribution in [0.25, 0.3) is 0 Å². The molecule has 134 valence electrons. The fraction of sp³-hybridized carbons (Fsp3) is 0.250. The molecule has 0 saturated carbocycles. The van der Waals surface area contributed by atoms with Gasteiger partial charge >= 0.3 is 5.97 Å². The number of rotatable bonds is 7. The Morgan fingerprint density at radius 2 is 1.96 bits per heavy atom. The summed E-state index contributed by atoms with van der Waals surface area (Å²) in [6, 6.07) is 7.29. The van der Waals surface area contributed by atoms with Gasteiger partial charge in [-0.2, -0.15) is 0 Å². The fourth-order valence-electron chi connectivity index (χ4n) is 1.95. The molecular formula is C16H16ClNO5S2. The van der Waals surface area contributed by atoms with Crippen molar-refractivity contribution in [2.45, 2.75) is 18.2 Å². The number of aryl methyl sites for hydroxylation is 1. The minimum absolute atomic E-state index is 0.00791. The Labute approximate surface area is 154 Å². The number of esters is 1. The number of thiophene rings is 1. The summed E-state index contributed by atoms with van der Waals surface area (Å²) in [6.07, 6.45) is 0.825. The highest BCUT2D eigenvalue weighted by Gasteiger charge is 2.20. The summed E-state index contributed by atoms with van der Waals surface area (Å²) in [7, 11) is -2.58. The summed E-state index contributed by atoms with van der Waals surface area (Å²) >= 11 is 7.22. The van der Waals surface area contributed by atoms with Crippen LogP contribution in [0.15, 0.2) is 35.2 Å². The number of carbonyl (C=O) groups excluding carboxylic acids is 2. The number of halogens is 1. The Morgan fingerprint density at radius 1 is 1.24 bits per heavy atom. The molecule has 0 aliphatic rings. The highest BCUT2D eigenvalue weighted by Crippen LogP contribution is 2.23. The van der Waals surface area contributed by atoms with E-state index >= 15 is 0 Å². The van der Waals surface area contributed by atoms with Crippen LogP contribution in [0, 0.1) is 0 Å². The Morgan fingerprint density at radius 3 is 2.56 bits per heavy atom. The number of Topliss-reactive ketones (excluding diaryl/α,β-unsaturated/α-hetero) is 1. The van der Waals surface area contributed by atoms with Crippen LogP contribution in [-0.2, 0) is 21.2 Å². The molecule has 25 heavy (non-hydrogen) atoms. The number of sulfonamides is 1. The van der Waals surface area contributed by atoms with E-state index in [1.807, 2.05) is 13.0 Å². The van der Waals surface area contributed by atoms with Gasteiger partial charge in [-0.3, -0.25) is 4.79 Å². The zero-order valence-electron chi connectivity index (χ0n) is 13.5. The maximum absolute atomic E-state index is 12.1. The standard InChI is InChI=1S/C16H16ClNO5S2/c1-3-11-5-7-14(24-11)13(19)9-23-16(20)10-4-6-12(17)15(8-10)25(21,22)18-2/h4-8,18H,3,9H2,1-2H3. The highest BCUT2D eigenvalue weighted by atomic mass is 35.5. The molecule has 1 aromatic heterocycles. The van der Waals surface area contributed by atoms with E-state index in [-0.39, 0.29) is 21.3 Å². The van der Waals surface area contributed by atoms with Crippen LogP contribution < -0.4 is 4.72 Å². The molecule has 0 aliphatic carbocycles. The molecule has 0 aliphatic heterocycles. The third kappa shape index (κ3) is 4.66. The molecule has 1 heterocycles. The van der Waals surface area contributed by atoms with Gasteiger partial charge in [-0.05, 0) is 43.8 Å². The second-order valence-corrected chi connectivity index (χ2v) is 8.40. The first kappa shape index (κ1) is 19.6. The van der Waals surface area contributed by atoms with E-state index in [4.69, 9.17) is 16.3 Å². The van der Waals surface area contributed by atoms with Crippen LogP contribution >= 0.6 is 22.9 Å². The zero-order chi connectivity index (χ0) is 18.6. The van der Waals surface area contributed by atoms with Crippen molar-refractivity contribution in [2.24, 2.45) is 0 Å². The molecular weight excluding hydrogens is 386 g/mol. The maximum atomic E-state index is 12.1. The summed E-state index contributed by atoms with van der Waals surface area (Å²) in [5, 5.41) is -0.0207. The first-order chi connectivity index (χ1) is 11.8. The summed E-state index contributed by atoms with van der Waals surface area (Å²) < 4.78 is 30.9. The molecule has 2 rings (SSSR count). The Hall–Kier alpha value is -1.74. The fourth-order valence-corrected chi connectivity index (χ4v) is 4.07. The van der Waals surface area contributed by atoms with Gasteiger partial charge in [-0.1, -0.05) is 18.5 Å². The zero-order valence-corrected chi connectivity index (χ0v) is 15.9. The largest absolute Gasteiger partial charge is 0.454 e. The van der Waals surface area contributed by atoms with Crippen molar-refractivity contribution >= 4 is 44.7 Å². The van der Waals surface area contributed by atoms with Crippen molar-refractivity contribution in [2.75, 3.05) is 13.7 Å². The van der Waals surface area contributed by atoms with Gasteiger partial charge in [-0.25, -0.2) is 17.9 Å². The summed E-state index contributed by atoms with van der Waals surface area (Å²) in [5.41, 5.74) is -0.00791. The van der Waals surface area contributed by atoms with Gasteiger partial charge in [0.1, 0.15) is 4.90 Å². The van der Waals surface area contributed by atoms with E-state index < -0.39 is 22.6 Å². The Kier molecular flexibility index (Phi) is 6.34. The van der Waals surface area contributed by atoms with E-state index in [1.165, 1.54) is 30.5 Å². The van der Waals surface area contributed by atoms with Gasteiger partial charge in [0.05, 0.1) is 15.5 Å². The summed E-state index contributed by atoms with van der Waals surface area (Å²) in [6.45, 7) is 1.57. The second kappa shape index (κ2) is 8.09. The van der Waals surface area contributed by atoms with Crippen LogP contribution in [-0.4, -0.2) is 33.8 Å². The molecule has 0 unspecified atom stereocenters. The van der Waals surface area contributed by atoms with Gasteiger partial charge in [0, 0.05) is 4.88 Å². The molecule has 6 nitrogen and oxygen atoms in total. The lowest BCUT2D eigenvalue weighted by Gasteiger charge is -2.08. The Balaban J connectivity index is 2.11. The lowest BCUT2D eigenvalue weighted by atomic mass is 10.2. The van der Waals surface area contributed by atoms with Gasteiger partial charge in [0.15, 0.2) is 6.61 Å². The first-order valence-corrected chi connectivity index (χ1v) is 9.98. The van der Waals surface area contributed by atoms with E-state index in [0.717, 1.165) is 17.4 Å². The smallest absolute Gasteiger partial charge is 0.338 e. The van der Waals surface area contributed by atoms with Crippen molar-refractivity contribution in [3.8, 4) is 0 Å². The number of nitrogens with one attached hydrogen (secondary N) is 1. The minimum atomic E-state index is -3.81.